The van der Waals surface area contributed by atoms with Crippen LogP contribution in [-0.2, 0) is 38.1 Å². The van der Waals surface area contributed by atoms with E-state index in [-0.39, 0.29) is 25.6 Å². The molecule has 26 heavy (non-hydrogen) atoms. The second-order valence-electron chi connectivity index (χ2n) is 6.99. The zero-order valence-electron chi connectivity index (χ0n) is 16.2. The Morgan fingerprint density at radius 2 is 1.42 bits per heavy atom. The lowest BCUT2D eigenvalue weighted by Gasteiger charge is -2.37. The van der Waals surface area contributed by atoms with Gasteiger partial charge in [0.1, 0.15) is 0 Å². The van der Waals surface area contributed by atoms with Crippen molar-refractivity contribution in [3.05, 3.63) is 0 Å². The molecule has 1 rings (SSSR count). The molecule has 8 heteroatoms. The molecule has 1 fully saturated rings. The first-order valence-corrected chi connectivity index (χ1v) is 8.83. The fraction of sp³-hybridized carbons (Fsp3) is 0.778. The number of rotatable bonds is 8. The topological polar surface area (TPSA) is 105 Å². The minimum Gasteiger partial charge on any atom is -0.465 e. The van der Waals surface area contributed by atoms with E-state index in [0.29, 0.717) is 0 Å². The molecule has 1 saturated heterocycles. The molecule has 1 unspecified atom stereocenters. The smallest absolute Gasteiger partial charge is 0.323 e. The predicted molar refractivity (Wildman–Crippen MR) is 89.5 cm³/mol. The Balaban J connectivity index is 3.30. The van der Waals surface area contributed by atoms with Crippen LogP contribution in [0.3, 0.4) is 0 Å². The third-order valence-corrected chi connectivity index (χ3v) is 3.88. The van der Waals surface area contributed by atoms with Gasteiger partial charge in [0, 0.05) is 19.8 Å². The van der Waals surface area contributed by atoms with Gasteiger partial charge in [-0.15, -0.1) is 0 Å². The minimum atomic E-state index is -1.41. The van der Waals surface area contributed by atoms with Crippen LogP contribution in [0.25, 0.3) is 0 Å². The van der Waals surface area contributed by atoms with E-state index >= 15 is 0 Å². The molecule has 1 heterocycles. The Hall–Kier alpha value is -2.12. The number of hydrogen-bond acceptors (Lipinski definition) is 8. The van der Waals surface area contributed by atoms with E-state index in [9.17, 15) is 19.2 Å². The number of cyclic esters (lactones) is 2. The van der Waals surface area contributed by atoms with Crippen molar-refractivity contribution < 1.29 is 38.1 Å². The first kappa shape index (κ1) is 21.9. The summed E-state index contributed by atoms with van der Waals surface area (Å²) in [7, 11) is 0. The standard InChI is InChI=1S/C18H28O8/c1-7-23-14(19)12(15(20)24-8-2)11(9-10(3)4)13-16(21)25-18(5,6)26-17(13)22/h10-13H,7-9H2,1-6H3. The molecule has 1 aliphatic heterocycles. The van der Waals surface area contributed by atoms with Crippen LogP contribution in [0.15, 0.2) is 0 Å². The van der Waals surface area contributed by atoms with E-state index in [0.717, 1.165) is 0 Å². The van der Waals surface area contributed by atoms with Crippen molar-refractivity contribution >= 4 is 23.9 Å². The normalized spacial score (nSPS) is 18.3. The summed E-state index contributed by atoms with van der Waals surface area (Å²) in [4.78, 5) is 49.8. The van der Waals surface area contributed by atoms with Crippen LogP contribution in [-0.4, -0.2) is 42.9 Å². The van der Waals surface area contributed by atoms with Gasteiger partial charge in [0.2, 0.25) is 0 Å². The summed E-state index contributed by atoms with van der Waals surface area (Å²) in [6.45, 7) is 9.88. The van der Waals surface area contributed by atoms with Crippen LogP contribution in [0.2, 0.25) is 0 Å². The molecule has 148 valence electrons. The largest absolute Gasteiger partial charge is 0.465 e. The van der Waals surface area contributed by atoms with Crippen molar-refractivity contribution in [1.29, 1.82) is 0 Å². The van der Waals surface area contributed by atoms with Gasteiger partial charge in [0.05, 0.1) is 13.2 Å². The van der Waals surface area contributed by atoms with Crippen molar-refractivity contribution in [2.24, 2.45) is 23.7 Å². The van der Waals surface area contributed by atoms with Gasteiger partial charge in [0.15, 0.2) is 11.8 Å². The Kier molecular flexibility index (Phi) is 7.59. The summed E-state index contributed by atoms with van der Waals surface area (Å²) in [5.74, 6) is -8.51. The Bertz CT molecular complexity index is 513. The van der Waals surface area contributed by atoms with E-state index in [1.54, 1.807) is 13.8 Å². The highest BCUT2D eigenvalue weighted by Gasteiger charge is 2.53. The molecular weight excluding hydrogens is 344 g/mol. The Morgan fingerprint density at radius 3 is 1.77 bits per heavy atom. The van der Waals surface area contributed by atoms with Gasteiger partial charge in [-0.25, -0.2) is 0 Å². The molecule has 0 aromatic carbocycles. The van der Waals surface area contributed by atoms with Gasteiger partial charge in [-0.05, 0) is 26.2 Å². The van der Waals surface area contributed by atoms with Gasteiger partial charge in [-0.1, -0.05) is 13.8 Å². The lowest BCUT2D eigenvalue weighted by atomic mass is 9.76. The highest BCUT2D eigenvalue weighted by atomic mass is 16.7. The number of carbonyl (C=O) groups excluding carboxylic acids is 4. The second kappa shape index (κ2) is 9.00. The molecule has 0 saturated carbocycles. The molecule has 1 atom stereocenters. The maximum Gasteiger partial charge on any atom is 0.323 e. The van der Waals surface area contributed by atoms with Gasteiger partial charge >= 0.3 is 23.9 Å². The quantitative estimate of drug-likeness (QED) is 0.361. The van der Waals surface area contributed by atoms with Crippen molar-refractivity contribution in [3.63, 3.8) is 0 Å². The third-order valence-electron chi connectivity index (χ3n) is 3.88. The van der Waals surface area contributed by atoms with Crippen LogP contribution >= 0.6 is 0 Å². The molecule has 0 aromatic heterocycles. The Morgan fingerprint density at radius 1 is 1.00 bits per heavy atom. The SMILES string of the molecule is CCOC(=O)C(C(=O)OCC)C(CC(C)C)C1C(=O)OC(C)(C)OC1=O. The number of ether oxygens (including phenoxy) is 4. The van der Waals surface area contributed by atoms with Crippen LogP contribution in [0.4, 0.5) is 0 Å². The van der Waals surface area contributed by atoms with Crippen molar-refractivity contribution in [3.8, 4) is 0 Å². The summed E-state index contributed by atoms with van der Waals surface area (Å²) >= 11 is 0. The second-order valence-corrected chi connectivity index (χ2v) is 6.99. The lowest BCUT2D eigenvalue weighted by molar-refractivity contribution is -0.243. The molecule has 0 amide bonds. The van der Waals surface area contributed by atoms with Crippen LogP contribution in [0.1, 0.15) is 48.0 Å². The summed E-state index contributed by atoms with van der Waals surface area (Å²) < 4.78 is 20.3. The van der Waals surface area contributed by atoms with Gasteiger partial charge in [-0.2, -0.15) is 0 Å². The fourth-order valence-electron chi connectivity index (χ4n) is 3.00. The Labute approximate surface area is 153 Å². The molecule has 0 radical (unpaired) electrons. The molecule has 0 N–H and O–H groups in total. The van der Waals surface area contributed by atoms with Crippen LogP contribution in [0, 0.1) is 23.7 Å². The fourth-order valence-corrected chi connectivity index (χ4v) is 3.00. The zero-order chi connectivity index (χ0) is 20.1. The number of carbonyl (C=O) groups is 4. The van der Waals surface area contributed by atoms with Crippen molar-refractivity contribution in [2.75, 3.05) is 13.2 Å². The monoisotopic (exact) mass is 372 g/mol. The maximum atomic E-state index is 12.5. The molecule has 0 aromatic rings. The van der Waals surface area contributed by atoms with Crippen molar-refractivity contribution in [1.82, 2.24) is 0 Å². The maximum absolute atomic E-state index is 12.5. The number of hydrogen-bond donors (Lipinski definition) is 0. The molecule has 0 spiro atoms. The highest BCUT2D eigenvalue weighted by molar-refractivity contribution is 6.01. The van der Waals surface area contributed by atoms with Gasteiger partial charge in [0.25, 0.3) is 5.79 Å². The summed E-state index contributed by atoms with van der Waals surface area (Å²) in [6, 6.07) is 0. The summed E-state index contributed by atoms with van der Waals surface area (Å²) in [6.07, 6.45) is 0.234. The van der Waals surface area contributed by atoms with E-state index in [4.69, 9.17) is 18.9 Å². The molecule has 1 aliphatic rings. The molecule has 8 nitrogen and oxygen atoms in total. The third kappa shape index (κ3) is 5.44. The van der Waals surface area contributed by atoms with Crippen LogP contribution in [0.5, 0.6) is 0 Å². The minimum absolute atomic E-state index is 0.0121. The lowest BCUT2D eigenvalue weighted by Crippen LogP contribution is -2.52. The van der Waals surface area contributed by atoms with Gasteiger partial charge < -0.3 is 18.9 Å². The molecule has 0 bridgehead atoms. The first-order valence-electron chi connectivity index (χ1n) is 8.83. The predicted octanol–water partition coefficient (Wildman–Crippen LogP) is 1.84. The first-order chi connectivity index (χ1) is 12.0. The van der Waals surface area contributed by atoms with E-state index in [1.165, 1.54) is 13.8 Å². The highest BCUT2D eigenvalue weighted by Crippen LogP contribution is 2.36. The van der Waals surface area contributed by atoms with E-state index in [2.05, 4.69) is 0 Å². The summed E-state index contributed by atoms with van der Waals surface area (Å²) in [5.41, 5.74) is 0. The molecule has 0 aliphatic carbocycles. The van der Waals surface area contributed by atoms with Crippen LogP contribution < -0.4 is 0 Å². The van der Waals surface area contributed by atoms with Crippen molar-refractivity contribution in [2.45, 2.75) is 53.8 Å². The summed E-state index contributed by atoms with van der Waals surface area (Å²) in [5, 5.41) is 0. The zero-order valence-corrected chi connectivity index (χ0v) is 16.2. The van der Waals surface area contributed by atoms with Gasteiger partial charge in [-0.3, -0.25) is 19.2 Å². The van der Waals surface area contributed by atoms with E-state index < -0.39 is 47.4 Å². The molecular formula is C18H28O8. The number of esters is 4. The average Bonchev–Trinajstić information content (AvgIpc) is 2.44. The van der Waals surface area contributed by atoms with E-state index in [1.807, 2.05) is 13.8 Å². The average molecular weight is 372 g/mol.